The summed E-state index contributed by atoms with van der Waals surface area (Å²) in [6, 6.07) is 7.51. The van der Waals surface area contributed by atoms with Gasteiger partial charge in [0.2, 0.25) is 0 Å². The van der Waals surface area contributed by atoms with Gasteiger partial charge in [-0.1, -0.05) is 12.1 Å². The molecular formula is C15H19NO3. The molecule has 2 heterocycles. The molecule has 0 spiro atoms. The van der Waals surface area contributed by atoms with Crippen molar-refractivity contribution in [3.63, 3.8) is 0 Å². The van der Waals surface area contributed by atoms with E-state index in [0.29, 0.717) is 18.4 Å². The van der Waals surface area contributed by atoms with E-state index in [1.54, 1.807) is 24.3 Å². The Morgan fingerprint density at radius 2 is 1.74 bits per heavy atom. The fourth-order valence-electron chi connectivity index (χ4n) is 3.38. The van der Waals surface area contributed by atoms with Gasteiger partial charge in [0, 0.05) is 17.6 Å². The molecule has 2 bridgehead atoms. The Hall–Kier alpha value is -1.39. The average molecular weight is 261 g/mol. The zero-order valence-electron chi connectivity index (χ0n) is 10.8. The fourth-order valence-corrected chi connectivity index (χ4v) is 3.38. The highest BCUT2D eigenvalue weighted by molar-refractivity contribution is 5.95. The number of aliphatic hydroxyl groups is 2. The summed E-state index contributed by atoms with van der Waals surface area (Å²) in [5.41, 5.74) is 1.49. The van der Waals surface area contributed by atoms with Crippen molar-refractivity contribution in [1.29, 1.82) is 0 Å². The van der Waals surface area contributed by atoms with Crippen LogP contribution in [0.2, 0.25) is 0 Å². The van der Waals surface area contributed by atoms with Crippen molar-refractivity contribution >= 4 is 5.91 Å². The highest BCUT2D eigenvalue weighted by Crippen LogP contribution is 2.36. The van der Waals surface area contributed by atoms with Gasteiger partial charge >= 0.3 is 0 Å². The minimum atomic E-state index is -0.252. The summed E-state index contributed by atoms with van der Waals surface area (Å²) in [7, 11) is 0. The molecule has 2 aliphatic heterocycles. The van der Waals surface area contributed by atoms with Crippen molar-refractivity contribution in [2.75, 3.05) is 0 Å². The van der Waals surface area contributed by atoms with Crippen molar-refractivity contribution in [3.8, 4) is 0 Å². The highest BCUT2D eigenvalue weighted by Gasteiger charge is 2.42. The number of piperidine rings is 1. The molecule has 1 aromatic carbocycles. The molecule has 1 amide bonds. The van der Waals surface area contributed by atoms with Gasteiger partial charge in [-0.2, -0.15) is 0 Å². The van der Waals surface area contributed by atoms with Gasteiger partial charge in [0.15, 0.2) is 0 Å². The number of rotatable bonds is 2. The molecule has 2 saturated heterocycles. The zero-order valence-corrected chi connectivity index (χ0v) is 10.8. The van der Waals surface area contributed by atoms with Gasteiger partial charge in [-0.05, 0) is 43.4 Å². The first-order valence-electron chi connectivity index (χ1n) is 6.89. The van der Waals surface area contributed by atoms with Gasteiger partial charge in [0.1, 0.15) is 0 Å². The van der Waals surface area contributed by atoms with E-state index in [-0.39, 0.29) is 30.7 Å². The third-order valence-electron chi connectivity index (χ3n) is 4.33. The molecule has 4 heteroatoms. The van der Waals surface area contributed by atoms with E-state index in [0.717, 1.165) is 18.4 Å². The molecule has 4 nitrogen and oxygen atoms in total. The third kappa shape index (κ3) is 2.26. The van der Waals surface area contributed by atoms with Gasteiger partial charge in [-0.25, -0.2) is 0 Å². The van der Waals surface area contributed by atoms with E-state index in [2.05, 4.69) is 0 Å². The number of carbonyl (C=O) groups is 1. The molecule has 2 N–H and O–H groups in total. The Morgan fingerprint density at radius 1 is 1.16 bits per heavy atom. The molecule has 0 aromatic heterocycles. The smallest absolute Gasteiger partial charge is 0.254 e. The van der Waals surface area contributed by atoms with E-state index in [1.807, 2.05) is 4.90 Å². The lowest BCUT2D eigenvalue weighted by molar-refractivity contribution is 0.0287. The van der Waals surface area contributed by atoms with Crippen molar-refractivity contribution in [2.45, 2.75) is 50.5 Å². The van der Waals surface area contributed by atoms with E-state index in [4.69, 9.17) is 5.11 Å². The second-order valence-corrected chi connectivity index (χ2v) is 5.58. The average Bonchev–Trinajstić information content (AvgIpc) is 2.70. The van der Waals surface area contributed by atoms with Crippen molar-refractivity contribution in [1.82, 2.24) is 4.90 Å². The first-order valence-corrected chi connectivity index (χ1v) is 6.89. The molecule has 0 aliphatic carbocycles. The standard InChI is InChI=1S/C15H19NO3/c17-9-10-1-3-11(4-2-10)15(19)16-12-5-6-13(16)8-14(18)7-12/h1-4,12-14,17-18H,5-9H2. The molecule has 2 aliphatic rings. The molecule has 2 atom stereocenters. The maximum absolute atomic E-state index is 12.5. The second kappa shape index (κ2) is 4.94. The number of aliphatic hydroxyl groups excluding tert-OH is 2. The molecule has 2 unspecified atom stereocenters. The van der Waals surface area contributed by atoms with Crippen molar-refractivity contribution < 1.29 is 15.0 Å². The monoisotopic (exact) mass is 261 g/mol. The van der Waals surface area contributed by atoms with Gasteiger partial charge in [0.05, 0.1) is 12.7 Å². The van der Waals surface area contributed by atoms with Gasteiger partial charge in [-0.3, -0.25) is 4.79 Å². The number of hydrogen-bond acceptors (Lipinski definition) is 3. The van der Waals surface area contributed by atoms with Crippen LogP contribution in [0.15, 0.2) is 24.3 Å². The minimum absolute atomic E-state index is 0.00434. The largest absolute Gasteiger partial charge is 0.393 e. The Labute approximate surface area is 112 Å². The topological polar surface area (TPSA) is 60.8 Å². The van der Waals surface area contributed by atoms with E-state index < -0.39 is 0 Å². The highest BCUT2D eigenvalue weighted by atomic mass is 16.3. The van der Waals surface area contributed by atoms with Crippen LogP contribution < -0.4 is 0 Å². The van der Waals surface area contributed by atoms with Crippen LogP contribution in [-0.2, 0) is 6.61 Å². The molecule has 2 fully saturated rings. The zero-order chi connectivity index (χ0) is 13.4. The Morgan fingerprint density at radius 3 is 2.26 bits per heavy atom. The summed E-state index contributed by atoms with van der Waals surface area (Å²) in [5, 5.41) is 18.8. The molecule has 102 valence electrons. The fraction of sp³-hybridized carbons (Fsp3) is 0.533. The maximum Gasteiger partial charge on any atom is 0.254 e. The van der Waals surface area contributed by atoms with E-state index in [1.165, 1.54) is 0 Å². The lowest BCUT2D eigenvalue weighted by Gasteiger charge is -2.37. The Bertz CT molecular complexity index is 457. The first kappa shape index (κ1) is 12.6. The molecule has 0 saturated carbocycles. The van der Waals surface area contributed by atoms with Crippen molar-refractivity contribution in [3.05, 3.63) is 35.4 Å². The van der Waals surface area contributed by atoms with Gasteiger partial charge in [0.25, 0.3) is 5.91 Å². The molecule has 3 rings (SSSR count). The van der Waals surface area contributed by atoms with Crippen LogP contribution in [0, 0.1) is 0 Å². The van der Waals surface area contributed by atoms with Crippen LogP contribution in [0.5, 0.6) is 0 Å². The summed E-state index contributed by atoms with van der Waals surface area (Å²) in [4.78, 5) is 14.5. The van der Waals surface area contributed by atoms with E-state index >= 15 is 0 Å². The summed E-state index contributed by atoms with van der Waals surface area (Å²) in [6.07, 6.45) is 3.16. The minimum Gasteiger partial charge on any atom is -0.393 e. The van der Waals surface area contributed by atoms with Crippen LogP contribution in [-0.4, -0.2) is 39.2 Å². The lowest BCUT2D eigenvalue weighted by atomic mass is 9.98. The van der Waals surface area contributed by atoms with Crippen LogP contribution >= 0.6 is 0 Å². The predicted molar refractivity (Wildman–Crippen MR) is 70.6 cm³/mol. The number of carbonyl (C=O) groups excluding carboxylic acids is 1. The number of fused-ring (bicyclic) bond motifs is 2. The van der Waals surface area contributed by atoms with Crippen LogP contribution in [0.3, 0.4) is 0 Å². The number of benzene rings is 1. The predicted octanol–water partition coefficient (Wildman–Crippen LogP) is 1.31. The van der Waals surface area contributed by atoms with E-state index in [9.17, 15) is 9.90 Å². The molecule has 19 heavy (non-hydrogen) atoms. The van der Waals surface area contributed by atoms with Crippen LogP contribution in [0.1, 0.15) is 41.6 Å². The Kier molecular flexibility index (Phi) is 3.29. The number of hydrogen-bond donors (Lipinski definition) is 2. The molecule has 0 radical (unpaired) electrons. The number of nitrogens with zero attached hydrogens (tertiary/aromatic N) is 1. The van der Waals surface area contributed by atoms with Crippen LogP contribution in [0.25, 0.3) is 0 Å². The maximum atomic E-state index is 12.5. The summed E-state index contributed by atoms with van der Waals surface area (Å²) in [5.74, 6) is 0.0592. The van der Waals surface area contributed by atoms with Crippen molar-refractivity contribution in [2.24, 2.45) is 0 Å². The first-order chi connectivity index (χ1) is 9.19. The summed E-state index contributed by atoms with van der Waals surface area (Å²) >= 11 is 0. The van der Waals surface area contributed by atoms with Gasteiger partial charge < -0.3 is 15.1 Å². The van der Waals surface area contributed by atoms with Crippen LogP contribution in [0.4, 0.5) is 0 Å². The normalized spacial score (nSPS) is 29.6. The summed E-state index contributed by atoms with van der Waals surface area (Å²) < 4.78 is 0. The SMILES string of the molecule is O=C(c1ccc(CO)cc1)N1C2CCC1CC(O)C2. The number of amides is 1. The molecular weight excluding hydrogens is 242 g/mol. The second-order valence-electron chi connectivity index (χ2n) is 5.58. The third-order valence-corrected chi connectivity index (χ3v) is 4.33. The molecule has 1 aromatic rings. The Balaban J connectivity index is 1.80. The summed E-state index contributed by atoms with van der Waals surface area (Å²) in [6.45, 7) is -0.00434. The van der Waals surface area contributed by atoms with Gasteiger partial charge in [-0.15, -0.1) is 0 Å². The lowest BCUT2D eigenvalue weighted by Crippen LogP contribution is -2.47. The quantitative estimate of drug-likeness (QED) is 0.843.